The van der Waals surface area contributed by atoms with Crippen LogP contribution in [-0.4, -0.2) is 59.4 Å². The highest BCUT2D eigenvalue weighted by molar-refractivity contribution is 5.36. The lowest BCUT2D eigenvalue weighted by molar-refractivity contribution is 0.148. The zero-order valence-electron chi connectivity index (χ0n) is 16.5. The Hall–Kier alpha value is -0.870. The lowest BCUT2D eigenvalue weighted by atomic mass is 9.78. The Bertz CT molecular complexity index is 523. The average molecular weight is 321 g/mol. The molecule has 0 saturated carbocycles. The van der Waals surface area contributed by atoms with Crippen molar-refractivity contribution < 1.29 is 0 Å². The fourth-order valence-electron chi connectivity index (χ4n) is 3.71. The van der Waals surface area contributed by atoms with E-state index < -0.39 is 0 Å². The van der Waals surface area contributed by atoms with E-state index in [0.717, 1.165) is 13.1 Å². The first-order chi connectivity index (χ1) is 10.5. The van der Waals surface area contributed by atoms with Gasteiger partial charge in [-0.15, -0.1) is 0 Å². The number of nitrogens with zero attached hydrogens (tertiary/aromatic N) is 4. The predicted octanol–water partition coefficient (Wildman–Crippen LogP) is 3.03. The third kappa shape index (κ3) is 4.36. The summed E-state index contributed by atoms with van der Waals surface area (Å²) in [4.78, 5) is 4.98. The Kier molecular flexibility index (Phi) is 5.27. The van der Waals surface area contributed by atoms with Crippen LogP contribution in [0.15, 0.2) is 0 Å². The molecule has 1 aliphatic heterocycles. The molecule has 0 aromatic carbocycles. The number of piperazine rings is 1. The van der Waals surface area contributed by atoms with E-state index >= 15 is 0 Å². The van der Waals surface area contributed by atoms with Gasteiger partial charge in [0.1, 0.15) is 0 Å². The molecule has 0 radical (unpaired) electrons. The van der Waals surface area contributed by atoms with Gasteiger partial charge in [-0.2, -0.15) is 5.10 Å². The first-order valence-corrected chi connectivity index (χ1v) is 8.99. The van der Waals surface area contributed by atoms with E-state index in [0.29, 0.717) is 0 Å². The van der Waals surface area contributed by atoms with Crippen LogP contribution in [0.4, 0.5) is 0 Å². The van der Waals surface area contributed by atoms with Gasteiger partial charge in [-0.25, -0.2) is 0 Å². The van der Waals surface area contributed by atoms with E-state index in [2.05, 4.69) is 70.0 Å². The second-order valence-corrected chi connectivity index (χ2v) is 9.18. The van der Waals surface area contributed by atoms with Crippen molar-refractivity contribution in [1.82, 2.24) is 19.6 Å². The van der Waals surface area contributed by atoms with Crippen molar-refractivity contribution in [3.05, 3.63) is 17.0 Å². The van der Waals surface area contributed by atoms with Gasteiger partial charge in [0, 0.05) is 49.4 Å². The van der Waals surface area contributed by atoms with Gasteiger partial charge < -0.3 is 4.90 Å². The summed E-state index contributed by atoms with van der Waals surface area (Å²) in [5, 5.41) is 4.92. The zero-order valence-corrected chi connectivity index (χ0v) is 16.5. The lowest BCUT2D eigenvalue weighted by Gasteiger charge is -2.33. The molecule has 0 amide bonds. The van der Waals surface area contributed by atoms with E-state index in [-0.39, 0.29) is 10.8 Å². The van der Waals surface area contributed by atoms with Crippen molar-refractivity contribution in [2.24, 2.45) is 0 Å². The summed E-state index contributed by atoms with van der Waals surface area (Å²) in [7, 11) is 2.21. The third-order valence-electron chi connectivity index (χ3n) is 4.81. The number of hydrogen-bond acceptors (Lipinski definition) is 3. The van der Waals surface area contributed by atoms with Crippen LogP contribution in [0.3, 0.4) is 0 Å². The van der Waals surface area contributed by atoms with E-state index in [1.807, 2.05) is 0 Å². The molecule has 1 fully saturated rings. The molecule has 2 heterocycles. The van der Waals surface area contributed by atoms with E-state index in [4.69, 9.17) is 5.10 Å². The topological polar surface area (TPSA) is 24.3 Å². The highest BCUT2D eigenvalue weighted by atomic mass is 15.3. The monoisotopic (exact) mass is 320 g/mol. The van der Waals surface area contributed by atoms with Gasteiger partial charge in [0.2, 0.25) is 0 Å². The Balaban J connectivity index is 2.22. The van der Waals surface area contributed by atoms with E-state index in [1.54, 1.807) is 0 Å². The number of aryl methyl sites for hydroxylation is 1. The molecule has 23 heavy (non-hydrogen) atoms. The predicted molar refractivity (Wildman–Crippen MR) is 98.3 cm³/mol. The molecule has 1 aromatic rings. The summed E-state index contributed by atoms with van der Waals surface area (Å²) in [6.07, 6.45) is 0. The highest BCUT2D eigenvalue weighted by Crippen LogP contribution is 2.36. The molecule has 0 atom stereocenters. The Morgan fingerprint density at radius 1 is 0.870 bits per heavy atom. The van der Waals surface area contributed by atoms with E-state index in [9.17, 15) is 0 Å². The van der Waals surface area contributed by atoms with Crippen molar-refractivity contribution in [1.29, 1.82) is 0 Å². The molecule has 0 N–H and O–H groups in total. The molecule has 1 aromatic heterocycles. The molecular weight excluding hydrogens is 284 g/mol. The molecule has 132 valence electrons. The minimum Gasteiger partial charge on any atom is -0.304 e. The first kappa shape index (κ1) is 18.5. The molecule has 4 nitrogen and oxygen atoms in total. The highest BCUT2D eigenvalue weighted by Gasteiger charge is 2.32. The van der Waals surface area contributed by atoms with Crippen molar-refractivity contribution in [3.63, 3.8) is 0 Å². The van der Waals surface area contributed by atoms with Crippen LogP contribution in [-0.2, 0) is 17.4 Å². The molecule has 0 aliphatic carbocycles. The lowest BCUT2D eigenvalue weighted by Crippen LogP contribution is -2.45. The van der Waals surface area contributed by atoms with Gasteiger partial charge in [0.25, 0.3) is 0 Å². The maximum atomic E-state index is 4.92. The third-order valence-corrected chi connectivity index (χ3v) is 4.81. The van der Waals surface area contributed by atoms with Crippen LogP contribution >= 0.6 is 0 Å². The minimum atomic E-state index is 0.117. The van der Waals surface area contributed by atoms with Crippen molar-refractivity contribution >= 4 is 0 Å². The first-order valence-electron chi connectivity index (χ1n) is 8.99. The van der Waals surface area contributed by atoms with Crippen LogP contribution in [0.5, 0.6) is 0 Å². The molecule has 4 heteroatoms. The van der Waals surface area contributed by atoms with Crippen LogP contribution in [0.25, 0.3) is 0 Å². The molecular formula is C19H36N4. The van der Waals surface area contributed by atoms with Crippen molar-refractivity contribution in [2.45, 2.75) is 65.8 Å². The normalized spacial score (nSPS) is 18.6. The van der Waals surface area contributed by atoms with Gasteiger partial charge in [0.15, 0.2) is 0 Å². The Morgan fingerprint density at radius 2 is 1.43 bits per heavy atom. The smallest absolute Gasteiger partial charge is 0.0634 e. The van der Waals surface area contributed by atoms with Gasteiger partial charge in [-0.1, -0.05) is 41.5 Å². The quantitative estimate of drug-likeness (QED) is 0.855. The van der Waals surface area contributed by atoms with Crippen LogP contribution in [0.1, 0.15) is 58.5 Å². The maximum absolute atomic E-state index is 4.92. The fraction of sp³-hybridized carbons (Fsp3) is 0.842. The minimum absolute atomic E-state index is 0.117. The average Bonchev–Trinajstić information content (AvgIpc) is 2.75. The molecule has 0 unspecified atom stereocenters. The summed E-state index contributed by atoms with van der Waals surface area (Å²) < 4.78 is 2.29. The molecule has 1 saturated heterocycles. The number of hydrogen-bond donors (Lipinski definition) is 0. The standard InChI is InChI=1S/C19H36N4/c1-15-16(18(2,3)4)17(19(5,6)7)23(20-15)14-13-22-11-9-21(8)10-12-22/h9-14H2,1-8H3. The maximum Gasteiger partial charge on any atom is 0.0634 e. The molecule has 0 spiro atoms. The van der Waals surface area contributed by atoms with Gasteiger partial charge in [0.05, 0.1) is 12.2 Å². The van der Waals surface area contributed by atoms with Crippen LogP contribution in [0, 0.1) is 6.92 Å². The summed E-state index contributed by atoms with van der Waals surface area (Å²) in [5.41, 5.74) is 4.30. The summed E-state index contributed by atoms with van der Waals surface area (Å²) in [6, 6.07) is 0. The van der Waals surface area contributed by atoms with Crippen molar-refractivity contribution in [3.8, 4) is 0 Å². The Morgan fingerprint density at radius 3 is 1.91 bits per heavy atom. The van der Waals surface area contributed by atoms with E-state index in [1.165, 1.54) is 43.1 Å². The largest absolute Gasteiger partial charge is 0.304 e. The van der Waals surface area contributed by atoms with Crippen LogP contribution < -0.4 is 0 Å². The number of likely N-dealkylation sites (N-methyl/N-ethyl adjacent to an activating group) is 1. The summed E-state index contributed by atoms with van der Waals surface area (Å²) >= 11 is 0. The van der Waals surface area contributed by atoms with Gasteiger partial charge in [-0.3, -0.25) is 9.58 Å². The molecule has 0 bridgehead atoms. The van der Waals surface area contributed by atoms with Gasteiger partial charge in [-0.05, 0) is 19.4 Å². The molecule has 2 rings (SSSR count). The second-order valence-electron chi connectivity index (χ2n) is 9.18. The Labute approximate surface area is 142 Å². The fourth-order valence-corrected chi connectivity index (χ4v) is 3.71. The van der Waals surface area contributed by atoms with Gasteiger partial charge >= 0.3 is 0 Å². The summed E-state index contributed by atoms with van der Waals surface area (Å²) in [5.74, 6) is 0. The van der Waals surface area contributed by atoms with Crippen LogP contribution in [0.2, 0.25) is 0 Å². The molecule has 1 aliphatic rings. The number of rotatable bonds is 3. The van der Waals surface area contributed by atoms with Crippen molar-refractivity contribution in [2.75, 3.05) is 39.8 Å². The summed E-state index contributed by atoms with van der Waals surface area (Å²) in [6.45, 7) is 22.8. The SMILES string of the molecule is Cc1nn(CCN2CCN(C)CC2)c(C(C)(C)C)c1C(C)(C)C. The zero-order chi connectivity index (χ0) is 17.4. The second kappa shape index (κ2) is 6.56. The number of aromatic nitrogens is 2.